The van der Waals surface area contributed by atoms with E-state index in [-0.39, 0.29) is 16.0 Å². The highest BCUT2D eigenvalue weighted by molar-refractivity contribution is 7.89. The fraction of sp³-hybridized carbons (Fsp3) is 0.647. The molecule has 0 amide bonds. The van der Waals surface area contributed by atoms with Crippen LogP contribution in [0.25, 0.3) is 0 Å². The number of nitro groups is 1. The molecule has 0 aliphatic carbocycles. The normalized spacial score (nSPS) is 21.4. The van der Waals surface area contributed by atoms with E-state index >= 15 is 0 Å². The van der Waals surface area contributed by atoms with Crippen LogP contribution in [0.1, 0.15) is 20.3 Å². The summed E-state index contributed by atoms with van der Waals surface area (Å²) in [6.45, 7) is 7.86. The fourth-order valence-electron chi connectivity index (χ4n) is 3.52. The minimum atomic E-state index is -3.72. The van der Waals surface area contributed by atoms with Crippen molar-refractivity contribution in [1.29, 1.82) is 0 Å². The molecule has 144 valence electrons. The Hall–Kier alpha value is -1.71. The summed E-state index contributed by atoms with van der Waals surface area (Å²) >= 11 is 0. The average molecular weight is 382 g/mol. The summed E-state index contributed by atoms with van der Waals surface area (Å²) in [5.41, 5.74) is 0.523. The van der Waals surface area contributed by atoms with Crippen LogP contribution in [-0.2, 0) is 10.0 Å². The molecule has 2 fully saturated rings. The Morgan fingerprint density at radius 2 is 1.81 bits per heavy atom. The van der Waals surface area contributed by atoms with Gasteiger partial charge in [0, 0.05) is 50.7 Å². The molecule has 0 spiro atoms. The highest BCUT2D eigenvalue weighted by atomic mass is 32.2. The van der Waals surface area contributed by atoms with Crippen molar-refractivity contribution in [3.63, 3.8) is 0 Å². The molecule has 1 aromatic rings. The number of rotatable bonds is 5. The summed E-state index contributed by atoms with van der Waals surface area (Å²) < 4.78 is 27.1. The Morgan fingerprint density at radius 1 is 1.19 bits per heavy atom. The quantitative estimate of drug-likeness (QED) is 0.570. The van der Waals surface area contributed by atoms with Crippen LogP contribution in [0.3, 0.4) is 0 Å². The molecule has 0 radical (unpaired) electrons. The van der Waals surface area contributed by atoms with Crippen LogP contribution in [0.2, 0.25) is 0 Å². The van der Waals surface area contributed by atoms with Gasteiger partial charge in [0.2, 0.25) is 10.0 Å². The molecule has 2 saturated heterocycles. The lowest BCUT2D eigenvalue weighted by atomic mass is 9.79. The van der Waals surface area contributed by atoms with E-state index < -0.39 is 14.9 Å². The maximum absolute atomic E-state index is 12.9. The molecule has 1 aromatic carbocycles. The molecular weight excluding hydrogens is 356 g/mol. The van der Waals surface area contributed by atoms with E-state index in [2.05, 4.69) is 18.7 Å². The SMILES string of the molecule is CCC1(C)CN(c2ccc(S(=O)(=O)N3CCN(C)CC3)cc2[N+](=O)[O-])C1. The molecule has 0 unspecified atom stereocenters. The Morgan fingerprint density at radius 3 is 2.35 bits per heavy atom. The number of anilines is 1. The Bertz CT molecular complexity index is 797. The number of hydrogen-bond acceptors (Lipinski definition) is 6. The zero-order chi connectivity index (χ0) is 19.1. The van der Waals surface area contributed by atoms with Crippen molar-refractivity contribution in [2.75, 3.05) is 51.2 Å². The van der Waals surface area contributed by atoms with Gasteiger partial charge in [-0.3, -0.25) is 10.1 Å². The van der Waals surface area contributed by atoms with Gasteiger partial charge in [0.05, 0.1) is 9.82 Å². The smallest absolute Gasteiger partial charge is 0.293 e. The summed E-state index contributed by atoms with van der Waals surface area (Å²) in [6.07, 6.45) is 1.01. The summed E-state index contributed by atoms with van der Waals surface area (Å²) in [5, 5.41) is 11.6. The van der Waals surface area contributed by atoms with Crippen molar-refractivity contribution in [2.24, 2.45) is 5.41 Å². The lowest BCUT2D eigenvalue weighted by molar-refractivity contribution is -0.384. The number of nitro benzene ring substituents is 1. The van der Waals surface area contributed by atoms with Gasteiger partial charge in [-0.15, -0.1) is 0 Å². The van der Waals surface area contributed by atoms with Crippen LogP contribution in [-0.4, -0.2) is 68.9 Å². The third-order valence-electron chi connectivity index (χ3n) is 5.58. The molecule has 0 atom stereocenters. The van der Waals surface area contributed by atoms with E-state index in [4.69, 9.17) is 0 Å². The Balaban J connectivity index is 1.88. The standard InChI is InChI=1S/C17H26N4O4S/c1-4-17(2)12-19(13-17)15-6-5-14(11-16(15)21(22)23)26(24,25)20-9-7-18(3)8-10-20/h5-6,11H,4,7-10,12-13H2,1-3H3. The molecule has 26 heavy (non-hydrogen) atoms. The second-order valence-corrected chi connectivity index (χ2v) is 9.57. The minimum Gasteiger partial charge on any atom is -0.365 e. The van der Waals surface area contributed by atoms with E-state index in [9.17, 15) is 18.5 Å². The maximum atomic E-state index is 12.9. The third-order valence-corrected chi connectivity index (χ3v) is 7.48. The van der Waals surface area contributed by atoms with Crippen molar-refractivity contribution >= 4 is 21.4 Å². The predicted octanol–water partition coefficient (Wildman–Crippen LogP) is 1.77. The van der Waals surface area contributed by atoms with Gasteiger partial charge in [0.25, 0.3) is 5.69 Å². The van der Waals surface area contributed by atoms with E-state index in [1.54, 1.807) is 6.07 Å². The van der Waals surface area contributed by atoms with Crippen LogP contribution in [0, 0.1) is 15.5 Å². The fourth-order valence-corrected chi connectivity index (χ4v) is 4.97. The molecule has 0 aromatic heterocycles. The van der Waals surface area contributed by atoms with Gasteiger partial charge in [-0.05, 0) is 25.6 Å². The first-order chi connectivity index (χ1) is 12.2. The topological polar surface area (TPSA) is 87.0 Å². The molecule has 8 nitrogen and oxygen atoms in total. The second kappa shape index (κ2) is 6.79. The Kier molecular flexibility index (Phi) is 4.98. The number of benzene rings is 1. The Labute approximate surface area is 154 Å². The van der Waals surface area contributed by atoms with Gasteiger partial charge < -0.3 is 9.80 Å². The largest absolute Gasteiger partial charge is 0.365 e. The summed E-state index contributed by atoms with van der Waals surface area (Å²) in [6, 6.07) is 4.29. The molecule has 2 aliphatic heterocycles. The molecule has 0 bridgehead atoms. The molecule has 0 saturated carbocycles. The lowest BCUT2D eigenvalue weighted by Gasteiger charge is -2.48. The number of likely N-dealkylation sites (N-methyl/N-ethyl adjacent to an activating group) is 1. The van der Waals surface area contributed by atoms with E-state index in [0.717, 1.165) is 19.5 Å². The highest BCUT2D eigenvalue weighted by Crippen LogP contribution is 2.41. The summed E-state index contributed by atoms with van der Waals surface area (Å²) in [7, 11) is -1.77. The van der Waals surface area contributed by atoms with Gasteiger partial charge in [-0.2, -0.15) is 4.31 Å². The van der Waals surface area contributed by atoms with Gasteiger partial charge in [-0.25, -0.2) is 8.42 Å². The minimum absolute atomic E-state index is 0.00344. The predicted molar refractivity (Wildman–Crippen MR) is 100.0 cm³/mol. The molecular formula is C17H26N4O4S. The van der Waals surface area contributed by atoms with Crippen molar-refractivity contribution in [1.82, 2.24) is 9.21 Å². The van der Waals surface area contributed by atoms with Crippen LogP contribution in [0.5, 0.6) is 0 Å². The van der Waals surface area contributed by atoms with E-state index in [1.807, 2.05) is 11.9 Å². The summed E-state index contributed by atoms with van der Waals surface area (Å²) in [5.74, 6) is 0. The molecule has 2 heterocycles. The van der Waals surface area contributed by atoms with Gasteiger partial charge in [0.1, 0.15) is 5.69 Å². The van der Waals surface area contributed by atoms with Crippen LogP contribution in [0.4, 0.5) is 11.4 Å². The van der Waals surface area contributed by atoms with Crippen molar-refractivity contribution in [3.05, 3.63) is 28.3 Å². The van der Waals surface area contributed by atoms with Crippen LogP contribution in [0.15, 0.2) is 23.1 Å². The number of nitrogens with zero attached hydrogens (tertiary/aromatic N) is 4. The van der Waals surface area contributed by atoms with E-state index in [0.29, 0.717) is 31.9 Å². The molecule has 2 aliphatic rings. The summed E-state index contributed by atoms with van der Waals surface area (Å²) in [4.78, 5) is 15.1. The zero-order valence-corrected chi connectivity index (χ0v) is 16.3. The van der Waals surface area contributed by atoms with Gasteiger partial charge in [-0.1, -0.05) is 13.8 Å². The van der Waals surface area contributed by atoms with Crippen LogP contribution >= 0.6 is 0 Å². The average Bonchev–Trinajstić information content (AvgIpc) is 2.58. The number of piperazine rings is 1. The van der Waals surface area contributed by atoms with Gasteiger partial charge >= 0.3 is 0 Å². The second-order valence-electron chi connectivity index (χ2n) is 7.64. The van der Waals surface area contributed by atoms with Crippen LogP contribution < -0.4 is 4.90 Å². The third kappa shape index (κ3) is 3.43. The lowest BCUT2D eigenvalue weighted by Crippen LogP contribution is -2.54. The monoisotopic (exact) mass is 382 g/mol. The van der Waals surface area contributed by atoms with Crippen molar-refractivity contribution in [3.8, 4) is 0 Å². The van der Waals surface area contributed by atoms with Crippen molar-refractivity contribution < 1.29 is 13.3 Å². The van der Waals surface area contributed by atoms with Gasteiger partial charge in [0.15, 0.2) is 0 Å². The van der Waals surface area contributed by atoms with E-state index in [1.165, 1.54) is 16.4 Å². The van der Waals surface area contributed by atoms with Crippen molar-refractivity contribution in [2.45, 2.75) is 25.2 Å². The first-order valence-electron chi connectivity index (χ1n) is 8.88. The maximum Gasteiger partial charge on any atom is 0.293 e. The number of sulfonamides is 1. The first-order valence-corrected chi connectivity index (χ1v) is 10.3. The number of hydrogen-bond donors (Lipinski definition) is 0. The highest BCUT2D eigenvalue weighted by Gasteiger charge is 2.40. The first kappa shape index (κ1) is 19.1. The molecule has 0 N–H and O–H groups in total. The zero-order valence-electron chi connectivity index (χ0n) is 15.5. The molecule has 9 heteroatoms. The molecule has 3 rings (SSSR count).